The highest BCUT2D eigenvalue weighted by atomic mass is 35.5. The van der Waals surface area contributed by atoms with Gasteiger partial charge in [0.25, 0.3) is 0 Å². The molecule has 1 aliphatic carbocycles. The summed E-state index contributed by atoms with van der Waals surface area (Å²) >= 11 is 12.4. The van der Waals surface area contributed by atoms with E-state index in [0.717, 1.165) is 24.8 Å². The van der Waals surface area contributed by atoms with E-state index >= 15 is 0 Å². The van der Waals surface area contributed by atoms with Crippen molar-refractivity contribution in [2.75, 3.05) is 13.3 Å². The molecule has 1 aromatic carbocycles. The smallest absolute Gasteiger partial charge is 0.150 e. The van der Waals surface area contributed by atoms with Gasteiger partial charge in [0, 0.05) is 22.3 Å². The van der Waals surface area contributed by atoms with Gasteiger partial charge in [-0.05, 0) is 56.0 Å². The van der Waals surface area contributed by atoms with Crippen molar-refractivity contribution in [1.29, 1.82) is 0 Å². The van der Waals surface area contributed by atoms with Gasteiger partial charge in [0.15, 0.2) is 0 Å². The Bertz CT molecular complexity index is 604. The number of nitrogens with one attached hydrogen (secondary N) is 1. The van der Waals surface area contributed by atoms with Crippen LogP contribution in [0.1, 0.15) is 37.3 Å². The average Bonchev–Trinajstić information content (AvgIpc) is 2.43. The van der Waals surface area contributed by atoms with E-state index in [-0.39, 0.29) is 17.2 Å². The van der Waals surface area contributed by atoms with Gasteiger partial charge in [0.05, 0.1) is 5.25 Å². The molecule has 3 atom stereocenters. The van der Waals surface area contributed by atoms with Crippen molar-refractivity contribution in [1.82, 2.24) is 5.32 Å². The minimum atomic E-state index is -2.99. The first kappa shape index (κ1) is 17.1. The molecule has 21 heavy (non-hydrogen) atoms. The topological polar surface area (TPSA) is 46.2 Å². The monoisotopic (exact) mass is 349 g/mol. The maximum Gasteiger partial charge on any atom is 0.150 e. The molecule has 0 spiro atoms. The Morgan fingerprint density at radius 2 is 2.00 bits per heavy atom. The Hall–Kier alpha value is -0.290. The van der Waals surface area contributed by atoms with Gasteiger partial charge in [-0.25, -0.2) is 8.42 Å². The Kier molecular flexibility index (Phi) is 5.58. The molecule has 3 unspecified atom stereocenters. The third kappa shape index (κ3) is 4.13. The summed E-state index contributed by atoms with van der Waals surface area (Å²) in [6.07, 6.45) is 4.70. The summed E-state index contributed by atoms with van der Waals surface area (Å²) in [4.78, 5) is 0. The molecule has 1 aromatic rings. The Morgan fingerprint density at radius 1 is 1.29 bits per heavy atom. The first-order valence-electron chi connectivity index (χ1n) is 7.14. The van der Waals surface area contributed by atoms with Crippen molar-refractivity contribution >= 4 is 33.0 Å². The highest BCUT2D eigenvalue weighted by molar-refractivity contribution is 7.91. The van der Waals surface area contributed by atoms with Crippen LogP contribution in [0, 0.1) is 5.92 Å². The average molecular weight is 350 g/mol. The van der Waals surface area contributed by atoms with Crippen molar-refractivity contribution in [3.8, 4) is 0 Å². The number of halogens is 2. The molecule has 0 amide bonds. The van der Waals surface area contributed by atoms with Gasteiger partial charge >= 0.3 is 0 Å². The molecule has 0 radical (unpaired) electrons. The molecule has 0 saturated heterocycles. The standard InChI is InChI=1S/C15H21Cl2NO2S/c1-18-15(13-9-11(16)6-7-14(13)17)10-4-3-5-12(8-10)21(2,19)20/h6-7,9-10,12,15,18H,3-5,8H2,1-2H3. The molecule has 0 heterocycles. The fraction of sp³-hybridized carbons (Fsp3) is 0.600. The lowest BCUT2D eigenvalue weighted by molar-refractivity contribution is 0.283. The predicted octanol–water partition coefficient (Wildman–Crippen LogP) is 3.86. The zero-order valence-electron chi connectivity index (χ0n) is 12.3. The molecule has 0 aromatic heterocycles. The number of hydrogen-bond donors (Lipinski definition) is 1. The molecule has 0 bridgehead atoms. The molecule has 6 heteroatoms. The molecule has 1 N–H and O–H groups in total. The molecule has 1 aliphatic rings. The summed E-state index contributed by atoms with van der Waals surface area (Å²) in [5, 5.41) is 4.36. The van der Waals surface area contributed by atoms with E-state index in [1.807, 2.05) is 13.1 Å². The van der Waals surface area contributed by atoms with Crippen LogP contribution in [0.15, 0.2) is 18.2 Å². The van der Waals surface area contributed by atoms with Crippen LogP contribution in [0.3, 0.4) is 0 Å². The lowest BCUT2D eigenvalue weighted by Crippen LogP contribution is -2.34. The Morgan fingerprint density at radius 3 is 2.62 bits per heavy atom. The molecule has 1 saturated carbocycles. The lowest BCUT2D eigenvalue weighted by Gasteiger charge is -2.34. The zero-order chi connectivity index (χ0) is 15.6. The summed E-state index contributed by atoms with van der Waals surface area (Å²) in [6.45, 7) is 0. The van der Waals surface area contributed by atoms with Crippen molar-refractivity contribution < 1.29 is 8.42 Å². The van der Waals surface area contributed by atoms with Crippen LogP contribution >= 0.6 is 23.2 Å². The second kappa shape index (κ2) is 6.86. The van der Waals surface area contributed by atoms with Crippen LogP contribution in [0.5, 0.6) is 0 Å². The van der Waals surface area contributed by atoms with Gasteiger partial charge in [-0.15, -0.1) is 0 Å². The van der Waals surface area contributed by atoms with Crippen molar-refractivity contribution in [3.63, 3.8) is 0 Å². The highest BCUT2D eigenvalue weighted by Crippen LogP contribution is 2.39. The van der Waals surface area contributed by atoms with Gasteiger partial charge in [-0.2, -0.15) is 0 Å². The largest absolute Gasteiger partial charge is 0.313 e. The van der Waals surface area contributed by atoms with E-state index < -0.39 is 9.84 Å². The van der Waals surface area contributed by atoms with Crippen molar-refractivity contribution in [2.24, 2.45) is 5.92 Å². The Balaban J connectivity index is 2.27. The number of sulfone groups is 1. The maximum atomic E-state index is 11.8. The molecular formula is C15H21Cl2NO2S. The van der Waals surface area contributed by atoms with Gasteiger partial charge in [-0.1, -0.05) is 29.6 Å². The van der Waals surface area contributed by atoms with Crippen molar-refractivity contribution in [2.45, 2.75) is 37.0 Å². The molecule has 3 nitrogen and oxygen atoms in total. The zero-order valence-corrected chi connectivity index (χ0v) is 14.6. The minimum absolute atomic E-state index is 0.0285. The third-order valence-corrected chi connectivity index (χ3v) is 6.57. The normalized spacial score (nSPS) is 24.8. The minimum Gasteiger partial charge on any atom is -0.313 e. The summed E-state index contributed by atoms with van der Waals surface area (Å²) < 4.78 is 23.7. The van der Waals surface area contributed by atoms with E-state index in [1.54, 1.807) is 12.1 Å². The first-order chi connectivity index (χ1) is 9.82. The fourth-order valence-electron chi connectivity index (χ4n) is 3.27. The quantitative estimate of drug-likeness (QED) is 0.897. The molecule has 118 valence electrons. The van der Waals surface area contributed by atoms with Crippen molar-refractivity contribution in [3.05, 3.63) is 33.8 Å². The van der Waals surface area contributed by atoms with Crippen LogP contribution in [-0.2, 0) is 9.84 Å². The van der Waals surface area contributed by atoms with Crippen LogP contribution < -0.4 is 5.32 Å². The summed E-state index contributed by atoms with van der Waals surface area (Å²) in [5.41, 5.74) is 0.950. The number of rotatable bonds is 4. The van der Waals surface area contributed by atoms with E-state index in [0.29, 0.717) is 16.5 Å². The number of benzene rings is 1. The SMILES string of the molecule is CNC(c1cc(Cl)ccc1Cl)C1CCCC(S(C)(=O)=O)C1. The predicted molar refractivity (Wildman–Crippen MR) is 88.9 cm³/mol. The van der Waals surface area contributed by atoms with Gasteiger partial charge in [0.1, 0.15) is 9.84 Å². The second-order valence-corrected chi connectivity index (χ2v) is 8.98. The Labute approximate surface area is 136 Å². The fourth-order valence-corrected chi connectivity index (χ4v) is 4.88. The van der Waals surface area contributed by atoms with Gasteiger partial charge < -0.3 is 5.32 Å². The summed E-state index contributed by atoms with van der Waals surface area (Å²) in [7, 11) is -1.11. The third-order valence-electron chi connectivity index (χ3n) is 4.35. The van der Waals surface area contributed by atoms with E-state index in [1.165, 1.54) is 6.26 Å². The molecular weight excluding hydrogens is 329 g/mol. The highest BCUT2D eigenvalue weighted by Gasteiger charge is 2.33. The van der Waals surface area contributed by atoms with Gasteiger partial charge in [0.2, 0.25) is 0 Å². The van der Waals surface area contributed by atoms with Gasteiger partial charge in [-0.3, -0.25) is 0 Å². The van der Waals surface area contributed by atoms with Crippen LogP contribution in [0.25, 0.3) is 0 Å². The molecule has 1 fully saturated rings. The first-order valence-corrected chi connectivity index (χ1v) is 9.85. The summed E-state index contributed by atoms with van der Waals surface area (Å²) in [5.74, 6) is 0.249. The number of hydrogen-bond acceptors (Lipinski definition) is 3. The molecule has 0 aliphatic heterocycles. The van der Waals surface area contributed by atoms with E-state index in [9.17, 15) is 8.42 Å². The van der Waals surface area contributed by atoms with E-state index in [2.05, 4.69) is 5.32 Å². The van der Waals surface area contributed by atoms with Crippen LogP contribution in [0.4, 0.5) is 0 Å². The lowest BCUT2D eigenvalue weighted by atomic mass is 9.81. The van der Waals surface area contributed by atoms with Crippen LogP contribution in [-0.4, -0.2) is 27.0 Å². The maximum absolute atomic E-state index is 11.8. The molecule has 2 rings (SSSR count). The summed E-state index contributed by atoms with van der Waals surface area (Å²) in [6, 6.07) is 5.45. The van der Waals surface area contributed by atoms with E-state index in [4.69, 9.17) is 23.2 Å². The van der Waals surface area contributed by atoms with Crippen LogP contribution in [0.2, 0.25) is 10.0 Å². The second-order valence-electron chi connectivity index (χ2n) is 5.81.